The van der Waals surface area contributed by atoms with Crippen LogP contribution in [0.5, 0.6) is 5.75 Å². The van der Waals surface area contributed by atoms with Crippen molar-refractivity contribution >= 4 is 22.6 Å². The van der Waals surface area contributed by atoms with Gasteiger partial charge in [0.1, 0.15) is 5.75 Å². The number of nitrogens with zero attached hydrogens (tertiary/aromatic N) is 4. The lowest BCUT2D eigenvalue weighted by atomic mass is 10.1. The molecule has 1 aromatic carbocycles. The molecule has 0 aliphatic carbocycles. The molecular formula is C14H11ClN4O2. The fourth-order valence-electron chi connectivity index (χ4n) is 1.89. The van der Waals surface area contributed by atoms with E-state index in [1.807, 2.05) is 6.07 Å². The van der Waals surface area contributed by atoms with Gasteiger partial charge in [0.05, 0.1) is 16.7 Å². The number of halogens is 1. The quantitative estimate of drug-likeness (QED) is 0.690. The van der Waals surface area contributed by atoms with Gasteiger partial charge in [0.25, 0.3) is 0 Å². The first kappa shape index (κ1) is 13.7. The Morgan fingerprint density at radius 2 is 1.81 bits per heavy atom. The van der Waals surface area contributed by atoms with Gasteiger partial charge < -0.3 is 9.47 Å². The zero-order valence-corrected chi connectivity index (χ0v) is 11.9. The highest BCUT2D eigenvalue weighted by atomic mass is 35.5. The average molecular weight is 303 g/mol. The molecule has 0 fully saturated rings. The molecule has 0 bridgehead atoms. The predicted octanol–water partition coefficient (Wildman–Crippen LogP) is 2.72. The van der Waals surface area contributed by atoms with Crippen molar-refractivity contribution in [3.8, 4) is 17.0 Å². The van der Waals surface area contributed by atoms with Crippen LogP contribution in [0.15, 0.2) is 36.7 Å². The Kier molecular flexibility index (Phi) is 3.89. The standard InChI is InChI=1S/C14H11ClN4O2/c1-20-8-21-13-7-12-11(16-4-5-17-12)6-9(13)10-2-3-14(15)19-18-10/h2-7H,8H2,1H3. The SMILES string of the molecule is COCOc1cc2nccnc2cc1-c1ccc(Cl)nn1. The summed E-state index contributed by atoms with van der Waals surface area (Å²) >= 11 is 5.77. The van der Waals surface area contributed by atoms with Gasteiger partial charge in [0.2, 0.25) is 0 Å². The third kappa shape index (κ3) is 2.91. The van der Waals surface area contributed by atoms with E-state index in [-0.39, 0.29) is 6.79 Å². The van der Waals surface area contributed by atoms with Gasteiger partial charge in [-0.15, -0.1) is 10.2 Å². The maximum absolute atomic E-state index is 5.77. The Morgan fingerprint density at radius 1 is 1.05 bits per heavy atom. The van der Waals surface area contributed by atoms with Gasteiger partial charge in [0, 0.05) is 31.1 Å². The van der Waals surface area contributed by atoms with Crippen molar-refractivity contribution in [2.45, 2.75) is 0 Å². The molecule has 0 N–H and O–H groups in total. The van der Waals surface area contributed by atoms with Crippen molar-refractivity contribution in [3.05, 3.63) is 41.8 Å². The molecule has 0 aliphatic rings. The van der Waals surface area contributed by atoms with Crippen LogP contribution in [0.3, 0.4) is 0 Å². The zero-order valence-electron chi connectivity index (χ0n) is 11.2. The van der Waals surface area contributed by atoms with E-state index < -0.39 is 0 Å². The van der Waals surface area contributed by atoms with E-state index in [1.165, 1.54) is 0 Å². The maximum Gasteiger partial charge on any atom is 0.188 e. The molecule has 21 heavy (non-hydrogen) atoms. The summed E-state index contributed by atoms with van der Waals surface area (Å²) in [7, 11) is 1.56. The van der Waals surface area contributed by atoms with Gasteiger partial charge in [-0.2, -0.15) is 0 Å². The number of fused-ring (bicyclic) bond motifs is 1. The topological polar surface area (TPSA) is 70.0 Å². The minimum atomic E-state index is 0.125. The van der Waals surface area contributed by atoms with Crippen LogP contribution in [0.4, 0.5) is 0 Å². The van der Waals surface area contributed by atoms with Crippen LogP contribution in [0, 0.1) is 0 Å². The number of aromatic nitrogens is 4. The van der Waals surface area contributed by atoms with Gasteiger partial charge in [-0.3, -0.25) is 9.97 Å². The number of ether oxygens (including phenoxy) is 2. The third-order valence-corrected chi connectivity index (χ3v) is 3.01. The first-order valence-corrected chi connectivity index (χ1v) is 6.52. The van der Waals surface area contributed by atoms with Crippen molar-refractivity contribution in [2.75, 3.05) is 13.9 Å². The van der Waals surface area contributed by atoms with Crippen LogP contribution in [0.25, 0.3) is 22.3 Å². The van der Waals surface area contributed by atoms with Gasteiger partial charge in [-0.1, -0.05) is 11.6 Å². The second-order valence-corrected chi connectivity index (χ2v) is 4.57. The Bertz CT molecular complexity index is 765. The lowest BCUT2D eigenvalue weighted by Crippen LogP contribution is -2.01. The molecule has 2 heterocycles. The van der Waals surface area contributed by atoms with Crippen molar-refractivity contribution in [3.63, 3.8) is 0 Å². The number of hydrogen-bond acceptors (Lipinski definition) is 6. The van der Waals surface area contributed by atoms with Gasteiger partial charge in [0.15, 0.2) is 11.9 Å². The summed E-state index contributed by atoms with van der Waals surface area (Å²) in [5.74, 6) is 0.599. The van der Waals surface area contributed by atoms with E-state index in [2.05, 4.69) is 20.2 Å². The van der Waals surface area contributed by atoms with Gasteiger partial charge in [-0.25, -0.2) is 0 Å². The molecule has 2 aromatic heterocycles. The average Bonchev–Trinajstić information content (AvgIpc) is 2.53. The molecule has 0 radical (unpaired) electrons. The van der Waals surface area contributed by atoms with E-state index in [0.717, 1.165) is 16.6 Å². The van der Waals surface area contributed by atoms with Crippen LogP contribution in [0.1, 0.15) is 0 Å². The summed E-state index contributed by atoms with van der Waals surface area (Å²) in [6.07, 6.45) is 3.26. The van der Waals surface area contributed by atoms with Crippen LogP contribution in [-0.2, 0) is 4.74 Å². The normalized spacial score (nSPS) is 10.8. The highest BCUT2D eigenvalue weighted by Gasteiger charge is 2.12. The molecular weight excluding hydrogens is 292 g/mol. The van der Waals surface area contributed by atoms with Crippen molar-refractivity contribution in [1.29, 1.82) is 0 Å². The molecule has 3 rings (SSSR count). The number of benzene rings is 1. The minimum absolute atomic E-state index is 0.125. The van der Waals surface area contributed by atoms with E-state index in [0.29, 0.717) is 16.6 Å². The zero-order chi connectivity index (χ0) is 14.7. The van der Waals surface area contributed by atoms with Crippen molar-refractivity contribution in [2.24, 2.45) is 0 Å². The molecule has 6 nitrogen and oxygen atoms in total. The molecule has 0 saturated carbocycles. The number of methoxy groups -OCH3 is 1. The minimum Gasteiger partial charge on any atom is -0.467 e. The summed E-state index contributed by atoms with van der Waals surface area (Å²) in [6.45, 7) is 0.125. The maximum atomic E-state index is 5.77. The summed E-state index contributed by atoms with van der Waals surface area (Å²) in [5, 5.41) is 8.25. The molecule has 0 atom stereocenters. The van der Waals surface area contributed by atoms with E-state index in [4.69, 9.17) is 21.1 Å². The smallest absolute Gasteiger partial charge is 0.188 e. The largest absolute Gasteiger partial charge is 0.467 e. The summed E-state index contributed by atoms with van der Waals surface area (Å²) in [4.78, 5) is 8.54. The number of rotatable bonds is 4. The van der Waals surface area contributed by atoms with Crippen molar-refractivity contribution < 1.29 is 9.47 Å². The fraction of sp³-hybridized carbons (Fsp3) is 0.143. The van der Waals surface area contributed by atoms with Crippen molar-refractivity contribution in [1.82, 2.24) is 20.2 Å². The van der Waals surface area contributed by atoms with Crippen LogP contribution in [0.2, 0.25) is 5.15 Å². The first-order valence-electron chi connectivity index (χ1n) is 6.14. The molecule has 3 aromatic rings. The van der Waals surface area contributed by atoms with Gasteiger partial charge >= 0.3 is 0 Å². The van der Waals surface area contributed by atoms with E-state index >= 15 is 0 Å². The summed E-state index contributed by atoms with van der Waals surface area (Å²) in [6, 6.07) is 7.09. The number of hydrogen-bond donors (Lipinski definition) is 0. The molecule has 7 heteroatoms. The highest BCUT2D eigenvalue weighted by molar-refractivity contribution is 6.29. The van der Waals surface area contributed by atoms with Crippen LogP contribution < -0.4 is 4.74 Å². The second-order valence-electron chi connectivity index (χ2n) is 4.19. The van der Waals surface area contributed by atoms with Gasteiger partial charge in [-0.05, 0) is 18.2 Å². The third-order valence-electron chi connectivity index (χ3n) is 2.81. The van der Waals surface area contributed by atoms with Crippen LogP contribution >= 0.6 is 11.6 Å². The molecule has 0 amide bonds. The lowest BCUT2D eigenvalue weighted by molar-refractivity contribution is 0.0516. The monoisotopic (exact) mass is 302 g/mol. The first-order chi connectivity index (χ1) is 10.3. The van der Waals surface area contributed by atoms with E-state index in [9.17, 15) is 0 Å². The fourth-order valence-corrected chi connectivity index (χ4v) is 1.99. The predicted molar refractivity (Wildman–Crippen MR) is 78.1 cm³/mol. The molecule has 0 saturated heterocycles. The second kappa shape index (κ2) is 5.99. The highest BCUT2D eigenvalue weighted by Crippen LogP contribution is 2.32. The summed E-state index contributed by atoms with van der Waals surface area (Å²) in [5.41, 5.74) is 2.87. The molecule has 0 spiro atoms. The summed E-state index contributed by atoms with van der Waals surface area (Å²) < 4.78 is 10.5. The lowest BCUT2D eigenvalue weighted by Gasteiger charge is -2.11. The molecule has 0 unspecified atom stereocenters. The Morgan fingerprint density at radius 3 is 2.48 bits per heavy atom. The van der Waals surface area contributed by atoms with Crippen LogP contribution in [-0.4, -0.2) is 34.1 Å². The Hall–Kier alpha value is -2.31. The Balaban J connectivity index is 2.15. The van der Waals surface area contributed by atoms with E-state index in [1.54, 1.807) is 37.7 Å². The Labute approximate surface area is 125 Å². The molecule has 106 valence electrons. The molecule has 0 aliphatic heterocycles.